The van der Waals surface area contributed by atoms with Gasteiger partial charge in [-0.2, -0.15) is 0 Å². The largest absolute Gasteiger partial charge is 0.345 e. The summed E-state index contributed by atoms with van der Waals surface area (Å²) in [7, 11) is 0. The van der Waals surface area contributed by atoms with Crippen LogP contribution in [-0.2, 0) is 9.59 Å². The van der Waals surface area contributed by atoms with Crippen molar-refractivity contribution in [1.29, 1.82) is 0 Å². The summed E-state index contributed by atoms with van der Waals surface area (Å²) in [5.74, 6) is -2.94. The van der Waals surface area contributed by atoms with E-state index in [-0.39, 0.29) is 17.7 Å². The quantitative estimate of drug-likeness (QED) is 0.421. The van der Waals surface area contributed by atoms with Crippen LogP contribution in [0.15, 0.2) is 36.4 Å². The first-order valence-corrected chi connectivity index (χ1v) is 8.97. The van der Waals surface area contributed by atoms with Crippen LogP contribution in [0.4, 0.5) is 11.4 Å². The van der Waals surface area contributed by atoms with Crippen molar-refractivity contribution in [2.24, 2.45) is 0 Å². The summed E-state index contributed by atoms with van der Waals surface area (Å²) in [6.45, 7) is 2.74. The van der Waals surface area contributed by atoms with Gasteiger partial charge < -0.3 is 10.6 Å². The zero-order valence-electron chi connectivity index (χ0n) is 16.2. The fourth-order valence-electron chi connectivity index (χ4n) is 3.07. The van der Waals surface area contributed by atoms with Gasteiger partial charge >= 0.3 is 0 Å². The van der Waals surface area contributed by atoms with Gasteiger partial charge in [0, 0.05) is 11.8 Å². The van der Waals surface area contributed by atoms with E-state index in [0.29, 0.717) is 10.6 Å². The van der Waals surface area contributed by atoms with Gasteiger partial charge in [0.25, 0.3) is 17.5 Å². The van der Waals surface area contributed by atoms with Crippen LogP contribution in [-0.4, -0.2) is 46.5 Å². The van der Waals surface area contributed by atoms with Crippen LogP contribution < -0.4 is 10.6 Å². The second kappa shape index (κ2) is 8.11. The van der Waals surface area contributed by atoms with E-state index in [0.717, 1.165) is 17.2 Å². The van der Waals surface area contributed by atoms with Crippen molar-refractivity contribution in [2.45, 2.75) is 13.8 Å². The van der Waals surface area contributed by atoms with E-state index in [4.69, 9.17) is 0 Å². The topological polar surface area (TPSA) is 139 Å². The molecule has 0 radical (unpaired) electrons. The Labute approximate surface area is 171 Å². The molecule has 10 heteroatoms. The zero-order chi connectivity index (χ0) is 22.0. The van der Waals surface area contributed by atoms with E-state index in [2.05, 4.69) is 10.6 Å². The van der Waals surface area contributed by atoms with Crippen molar-refractivity contribution in [3.8, 4) is 0 Å². The van der Waals surface area contributed by atoms with Crippen molar-refractivity contribution < 1.29 is 24.1 Å². The minimum atomic E-state index is -0.919. The SMILES string of the molecule is Cc1cccc(NC(=O)CNC(=O)CN2C(=O)c3cccc([N+](=O)[O-])c3C2=O)c1C. The van der Waals surface area contributed by atoms with E-state index < -0.39 is 40.8 Å². The molecule has 0 atom stereocenters. The Morgan fingerprint density at radius 2 is 1.73 bits per heavy atom. The van der Waals surface area contributed by atoms with Gasteiger partial charge in [-0.25, -0.2) is 0 Å². The minimum absolute atomic E-state index is 0.130. The molecule has 1 heterocycles. The molecule has 1 aliphatic heterocycles. The van der Waals surface area contributed by atoms with Crippen LogP contribution in [0, 0.1) is 24.0 Å². The van der Waals surface area contributed by atoms with Crippen LogP contribution in [0.1, 0.15) is 31.8 Å². The maximum atomic E-state index is 12.5. The third kappa shape index (κ3) is 3.88. The summed E-state index contributed by atoms with van der Waals surface area (Å²) in [5.41, 5.74) is 1.53. The monoisotopic (exact) mass is 410 g/mol. The molecule has 1 aliphatic rings. The molecule has 4 amide bonds. The van der Waals surface area contributed by atoms with E-state index in [1.165, 1.54) is 12.1 Å². The summed E-state index contributed by atoms with van der Waals surface area (Å²) in [6.07, 6.45) is 0. The Kier molecular flexibility index (Phi) is 5.58. The van der Waals surface area contributed by atoms with Crippen LogP contribution in [0.5, 0.6) is 0 Å². The van der Waals surface area contributed by atoms with E-state index >= 15 is 0 Å². The average Bonchev–Trinajstić information content (AvgIpc) is 2.95. The second-order valence-corrected chi connectivity index (χ2v) is 6.73. The summed E-state index contributed by atoms with van der Waals surface area (Å²) in [5, 5.41) is 16.1. The molecule has 0 saturated heterocycles. The Balaban J connectivity index is 1.61. The first-order chi connectivity index (χ1) is 14.2. The maximum absolute atomic E-state index is 12.5. The molecule has 10 nitrogen and oxygen atoms in total. The normalized spacial score (nSPS) is 12.5. The van der Waals surface area contributed by atoms with Crippen molar-refractivity contribution in [3.05, 3.63) is 68.8 Å². The summed E-state index contributed by atoms with van der Waals surface area (Å²) in [6, 6.07) is 9.12. The van der Waals surface area contributed by atoms with Crippen LogP contribution >= 0.6 is 0 Å². The number of nitrogens with one attached hydrogen (secondary N) is 2. The first kappa shape index (κ1) is 20.6. The lowest BCUT2D eigenvalue weighted by Gasteiger charge is -2.14. The Morgan fingerprint density at radius 3 is 2.43 bits per heavy atom. The number of nitrogens with zero attached hydrogens (tertiary/aromatic N) is 2. The Morgan fingerprint density at radius 1 is 1.03 bits per heavy atom. The number of carbonyl (C=O) groups is 4. The highest BCUT2D eigenvalue weighted by atomic mass is 16.6. The molecule has 0 aromatic heterocycles. The van der Waals surface area contributed by atoms with Crippen LogP contribution in [0.25, 0.3) is 0 Å². The highest BCUT2D eigenvalue weighted by molar-refractivity contribution is 6.24. The number of fused-ring (bicyclic) bond motifs is 1. The number of rotatable bonds is 6. The first-order valence-electron chi connectivity index (χ1n) is 8.97. The third-order valence-corrected chi connectivity index (χ3v) is 4.80. The number of hydrogen-bond donors (Lipinski definition) is 2. The molecule has 0 spiro atoms. The number of benzene rings is 2. The van der Waals surface area contributed by atoms with Gasteiger partial charge in [-0.15, -0.1) is 0 Å². The number of carbonyl (C=O) groups excluding carboxylic acids is 4. The van der Waals surface area contributed by atoms with Crippen molar-refractivity contribution in [2.75, 3.05) is 18.4 Å². The van der Waals surface area contributed by atoms with Gasteiger partial charge in [0.2, 0.25) is 11.8 Å². The van der Waals surface area contributed by atoms with Gasteiger partial charge in [-0.1, -0.05) is 18.2 Å². The fourth-order valence-corrected chi connectivity index (χ4v) is 3.07. The standard InChI is InChI=1S/C20H18N4O6/c1-11-5-3-7-14(12(11)2)22-16(25)9-21-17(26)10-23-19(27)13-6-4-8-15(24(29)30)18(13)20(23)28/h3-8H,9-10H2,1-2H3,(H,21,26)(H,22,25). The Bertz CT molecular complexity index is 1090. The highest BCUT2D eigenvalue weighted by Gasteiger charge is 2.41. The summed E-state index contributed by atoms with van der Waals surface area (Å²) >= 11 is 0. The predicted molar refractivity (Wildman–Crippen MR) is 106 cm³/mol. The number of amides is 4. The minimum Gasteiger partial charge on any atom is -0.345 e. The van der Waals surface area contributed by atoms with E-state index in [1.807, 2.05) is 19.9 Å². The molecule has 3 rings (SSSR count). The zero-order valence-corrected chi connectivity index (χ0v) is 16.2. The van der Waals surface area contributed by atoms with Crippen molar-refractivity contribution in [3.63, 3.8) is 0 Å². The third-order valence-electron chi connectivity index (χ3n) is 4.80. The maximum Gasteiger partial charge on any atom is 0.282 e. The molecule has 0 saturated carbocycles. The van der Waals surface area contributed by atoms with Gasteiger partial charge in [0.15, 0.2) is 0 Å². The van der Waals surface area contributed by atoms with Gasteiger partial charge in [-0.3, -0.25) is 34.2 Å². The number of aryl methyl sites for hydroxylation is 1. The van der Waals surface area contributed by atoms with Crippen LogP contribution in [0.3, 0.4) is 0 Å². The fraction of sp³-hybridized carbons (Fsp3) is 0.200. The molecule has 0 unspecified atom stereocenters. The number of anilines is 1. The van der Waals surface area contributed by atoms with E-state index in [9.17, 15) is 29.3 Å². The number of nitro benzene ring substituents is 1. The molecule has 0 fully saturated rings. The Hall–Kier alpha value is -4.08. The smallest absolute Gasteiger partial charge is 0.282 e. The molecule has 0 aliphatic carbocycles. The molecule has 154 valence electrons. The van der Waals surface area contributed by atoms with Crippen molar-refractivity contribution in [1.82, 2.24) is 10.2 Å². The lowest BCUT2D eigenvalue weighted by Crippen LogP contribution is -2.42. The van der Waals surface area contributed by atoms with Crippen molar-refractivity contribution >= 4 is 35.0 Å². The van der Waals surface area contributed by atoms with Crippen LogP contribution in [0.2, 0.25) is 0 Å². The molecule has 2 aromatic rings. The average molecular weight is 410 g/mol. The predicted octanol–water partition coefficient (Wildman–Crippen LogP) is 1.56. The molecule has 2 aromatic carbocycles. The molecular formula is C20H18N4O6. The van der Waals surface area contributed by atoms with Gasteiger partial charge in [0.05, 0.1) is 17.0 Å². The van der Waals surface area contributed by atoms with E-state index in [1.54, 1.807) is 12.1 Å². The number of nitro groups is 1. The number of imide groups is 1. The summed E-state index contributed by atoms with van der Waals surface area (Å²) in [4.78, 5) is 60.1. The van der Waals surface area contributed by atoms with Gasteiger partial charge in [0.1, 0.15) is 12.1 Å². The lowest BCUT2D eigenvalue weighted by atomic mass is 10.1. The molecule has 2 N–H and O–H groups in total. The summed E-state index contributed by atoms with van der Waals surface area (Å²) < 4.78 is 0. The second-order valence-electron chi connectivity index (χ2n) is 6.73. The number of hydrogen-bond acceptors (Lipinski definition) is 6. The molecular weight excluding hydrogens is 392 g/mol. The van der Waals surface area contributed by atoms with Gasteiger partial charge in [-0.05, 0) is 37.1 Å². The molecule has 0 bridgehead atoms. The highest BCUT2D eigenvalue weighted by Crippen LogP contribution is 2.30. The lowest BCUT2D eigenvalue weighted by molar-refractivity contribution is -0.385. The molecule has 30 heavy (non-hydrogen) atoms.